The second-order valence-corrected chi connectivity index (χ2v) is 7.86. The molecule has 1 saturated heterocycles. The Hall–Kier alpha value is -2.54. The molecule has 1 atom stereocenters. The fourth-order valence-corrected chi connectivity index (χ4v) is 3.86. The van der Waals surface area contributed by atoms with Gasteiger partial charge in [0.25, 0.3) is 6.01 Å². The van der Waals surface area contributed by atoms with Crippen molar-refractivity contribution in [3.05, 3.63) is 41.2 Å². The molecule has 8 heteroatoms. The molecule has 1 fully saturated rings. The number of halogens is 1. The van der Waals surface area contributed by atoms with Gasteiger partial charge in [-0.05, 0) is 43.0 Å². The van der Waals surface area contributed by atoms with Gasteiger partial charge >= 0.3 is 0 Å². The Morgan fingerprint density at radius 1 is 1.43 bits per heavy atom. The van der Waals surface area contributed by atoms with Crippen LogP contribution in [-0.2, 0) is 18.3 Å². The van der Waals surface area contributed by atoms with E-state index in [0.29, 0.717) is 29.7 Å². The van der Waals surface area contributed by atoms with E-state index in [1.807, 2.05) is 37.5 Å². The molecule has 0 saturated carbocycles. The van der Waals surface area contributed by atoms with Gasteiger partial charge in [-0.15, -0.1) is 0 Å². The Morgan fingerprint density at radius 3 is 3.07 bits per heavy atom. The minimum atomic E-state index is -0.0498. The van der Waals surface area contributed by atoms with Crippen molar-refractivity contribution in [2.45, 2.75) is 19.3 Å². The fourth-order valence-electron chi connectivity index (χ4n) is 3.70. The number of nitrogens with zero attached hydrogens (tertiary/aromatic N) is 5. The molecule has 1 aromatic carbocycles. The van der Waals surface area contributed by atoms with E-state index in [2.05, 4.69) is 15.0 Å². The predicted molar refractivity (Wildman–Crippen MR) is 109 cm³/mol. The Kier molecular flexibility index (Phi) is 5.26. The maximum Gasteiger partial charge on any atom is 0.298 e. The third-order valence-electron chi connectivity index (χ3n) is 5.25. The highest BCUT2D eigenvalue weighted by Crippen LogP contribution is 2.28. The third-order valence-corrected chi connectivity index (χ3v) is 5.49. The van der Waals surface area contributed by atoms with Crippen LogP contribution in [0.5, 0.6) is 0 Å². The molecule has 148 valence electrons. The van der Waals surface area contributed by atoms with Gasteiger partial charge in [-0.1, -0.05) is 11.6 Å². The Bertz CT molecular complexity index is 982. The number of likely N-dealkylation sites (N-methyl/N-ethyl adjacent to an activating group) is 1. The number of carbonyl (C=O) groups is 1. The van der Waals surface area contributed by atoms with E-state index in [-0.39, 0.29) is 11.8 Å². The maximum absolute atomic E-state index is 12.9. The van der Waals surface area contributed by atoms with Crippen molar-refractivity contribution in [2.75, 3.05) is 31.6 Å². The van der Waals surface area contributed by atoms with Crippen molar-refractivity contribution in [3.63, 3.8) is 0 Å². The molecular weight excluding hydrogens is 378 g/mol. The highest BCUT2D eigenvalue weighted by atomic mass is 35.5. The smallest absolute Gasteiger partial charge is 0.298 e. The first-order chi connectivity index (χ1) is 13.5. The molecule has 4 rings (SSSR count). The molecule has 28 heavy (non-hydrogen) atoms. The zero-order chi connectivity index (χ0) is 19.7. The number of carbonyl (C=O) groups excluding carboxylic acids is 1. The molecule has 1 aliphatic rings. The van der Waals surface area contributed by atoms with Crippen LogP contribution in [0.25, 0.3) is 11.1 Å². The van der Waals surface area contributed by atoms with E-state index < -0.39 is 0 Å². The monoisotopic (exact) mass is 401 g/mol. The van der Waals surface area contributed by atoms with Crippen LogP contribution >= 0.6 is 11.6 Å². The average Bonchev–Trinajstić information content (AvgIpc) is 3.31. The van der Waals surface area contributed by atoms with Gasteiger partial charge < -0.3 is 14.2 Å². The van der Waals surface area contributed by atoms with E-state index >= 15 is 0 Å². The summed E-state index contributed by atoms with van der Waals surface area (Å²) in [6.07, 6.45) is 6.46. The normalized spacial score (nSPS) is 17.2. The molecular formula is C20H24ClN5O2. The van der Waals surface area contributed by atoms with Crippen molar-refractivity contribution < 1.29 is 9.21 Å². The molecule has 0 N–H and O–H groups in total. The standard InChI is InChI=1S/C20H24ClN5O2/c1-24(9-7-14-11-22-25(2)12-14)19(27)15-4-3-8-26(13-15)20-23-17-10-16(21)5-6-18(17)28-20/h5-6,10-12,15H,3-4,7-9,13H2,1-2H3. The average molecular weight is 402 g/mol. The summed E-state index contributed by atoms with van der Waals surface area (Å²) >= 11 is 6.04. The zero-order valence-electron chi connectivity index (χ0n) is 16.1. The van der Waals surface area contributed by atoms with Crippen LogP contribution in [0.15, 0.2) is 35.0 Å². The molecule has 1 aliphatic heterocycles. The quantitative estimate of drug-likeness (QED) is 0.657. The van der Waals surface area contributed by atoms with E-state index in [0.717, 1.165) is 36.9 Å². The molecule has 3 aromatic rings. The van der Waals surface area contributed by atoms with Crippen LogP contribution < -0.4 is 4.90 Å². The summed E-state index contributed by atoms with van der Waals surface area (Å²) in [5.41, 5.74) is 2.59. The van der Waals surface area contributed by atoms with Gasteiger partial charge in [0.15, 0.2) is 5.58 Å². The van der Waals surface area contributed by atoms with Crippen LogP contribution in [0.1, 0.15) is 18.4 Å². The predicted octanol–water partition coefficient (Wildman–Crippen LogP) is 3.13. The second-order valence-electron chi connectivity index (χ2n) is 7.43. The molecule has 0 spiro atoms. The minimum Gasteiger partial charge on any atom is -0.423 e. The fraction of sp³-hybridized carbons (Fsp3) is 0.450. The number of rotatable bonds is 5. The highest BCUT2D eigenvalue weighted by molar-refractivity contribution is 6.31. The van der Waals surface area contributed by atoms with Gasteiger partial charge in [0.2, 0.25) is 5.91 Å². The van der Waals surface area contributed by atoms with Gasteiger partial charge in [0.05, 0.1) is 12.1 Å². The number of fused-ring (bicyclic) bond motifs is 1. The number of benzene rings is 1. The number of oxazole rings is 1. The first kappa shape index (κ1) is 18.8. The number of hydrogen-bond acceptors (Lipinski definition) is 5. The number of aryl methyl sites for hydroxylation is 1. The largest absolute Gasteiger partial charge is 0.423 e. The molecule has 2 aromatic heterocycles. The Balaban J connectivity index is 1.39. The van der Waals surface area contributed by atoms with Gasteiger partial charge in [-0.25, -0.2) is 0 Å². The van der Waals surface area contributed by atoms with Crippen molar-refractivity contribution in [2.24, 2.45) is 13.0 Å². The lowest BCUT2D eigenvalue weighted by atomic mass is 9.97. The van der Waals surface area contributed by atoms with E-state index in [1.165, 1.54) is 0 Å². The van der Waals surface area contributed by atoms with Crippen molar-refractivity contribution in [1.82, 2.24) is 19.7 Å². The third kappa shape index (κ3) is 3.99. The van der Waals surface area contributed by atoms with Gasteiger partial charge in [-0.2, -0.15) is 10.1 Å². The van der Waals surface area contributed by atoms with Crippen molar-refractivity contribution in [3.8, 4) is 0 Å². The van der Waals surface area contributed by atoms with Crippen LogP contribution in [0.3, 0.4) is 0 Å². The Labute approximate surface area is 168 Å². The second kappa shape index (κ2) is 7.83. The number of anilines is 1. The molecule has 7 nitrogen and oxygen atoms in total. The first-order valence-corrected chi connectivity index (χ1v) is 9.91. The summed E-state index contributed by atoms with van der Waals surface area (Å²) in [6.45, 7) is 2.14. The van der Waals surface area contributed by atoms with E-state index in [9.17, 15) is 4.79 Å². The number of aromatic nitrogens is 3. The van der Waals surface area contributed by atoms with Crippen LogP contribution in [0.4, 0.5) is 6.01 Å². The summed E-state index contributed by atoms with van der Waals surface area (Å²) in [5.74, 6) is 0.124. The van der Waals surface area contributed by atoms with Crippen molar-refractivity contribution >= 4 is 34.6 Å². The maximum atomic E-state index is 12.9. The summed E-state index contributed by atoms with van der Waals surface area (Å²) in [5, 5.41) is 4.81. The molecule has 0 aliphatic carbocycles. The summed E-state index contributed by atoms with van der Waals surface area (Å²) in [4.78, 5) is 21.4. The van der Waals surface area contributed by atoms with Gasteiger partial charge in [-0.3, -0.25) is 9.48 Å². The summed E-state index contributed by atoms with van der Waals surface area (Å²) in [7, 11) is 3.77. The van der Waals surface area contributed by atoms with Crippen LogP contribution in [0, 0.1) is 5.92 Å². The summed E-state index contributed by atoms with van der Waals surface area (Å²) in [6, 6.07) is 5.97. The SMILES string of the molecule is CN(CCc1cnn(C)c1)C(=O)C1CCCN(c2nc3cc(Cl)ccc3o2)C1. The molecule has 0 radical (unpaired) electrons. The van der Waals surface area contributed by atoms with Crippen molar-refractivity contribution in [1.29, 1.82) is 0 Å². The zero-order valence-corrected chi connectivity index (χ0v) is 16.9. The number of amides is 1. The lowest BCUT2D eigenvalue weighted by Crippen LogP contribution is -2.44. The van der Waals surface area contributed by atoms with E-state index in [1.54, 1.807) is 16.8 Å². The number of piperidine rings is 1. The lowest BCUT2D eigenvalue weighted by Gasteiger charge is -2.33. The van der Waals surface area contributed by atoms with Gasteiger partial charge in [0, 0.05) is 44.9 Å². The molecule has 0 bridgehead atoms. The van der Waals surface area contributed by atoms with Crippen LogP contribution in [0.2, 0.25) is 5.02 Å². The topological polar surface area (TPSA) is 67.4 Å². The molecule has 1 amide bonds. The summed E-state index contributed by atoms with van der Waals surface area (Å²) < 4.78 is 7.66. The lowest BCUT2D eigenvalue weighted by molar-refractivity contribution is -0.134. The highest BCUT2D eigenvalue weighted by Gasteiger charge is 2.30. The van der Waals surface area contributed by atoms with E-state index in [4.69, 9.17) is 16.0 Å². The molecule has 1 unspecified atom stereocenters. The minimum absolute atomic E-state index is 0.0498. The molecule has 3 heterocycles. The van der Waals surface area contributed by atoms with Crippen LogP contribution in [-0.4, -0.2) is 52.3 Å². The van der Waals surface area contributed by atoms with Gasteiger partial charge in [0.1, 0.15) is 5.52 Å². The first-order valence-electron chi connectivity index (χ1n) is 9.53. The Morgan fingerprint density at radius 2 is 2.29 bits per heavy atom. The number of hydrogen-bond donors (Lipinski definition) is 0.